The van der Waals surface area contributed by atoms with Crippen LogP contribution in [0.5, 0.6) is 5.75 Å². The zero-order valence-corrected chi connectivity index (χ0v) is 16.8. The summed E-state index contributed by atoms with van der Waals surface area (Å²) in [5, 5.41) is 14.9. The van der Waals surface area contributed by atoms with Crippen LogP contribution >= 0.6 is 0 Å². The topological polar surface area (TPSA) is 72.9 Å². The number of hydrogen-bond acceptors (Lipinski definition) is 4. The molecule has 30 heavy (non-hydrogen) atoms. The number of hydrogen-bond donors (Lipinski definition) is 2. The molecule has 1 fully saturated rings. The van der Waals surface area contributed by atoms with Gasteiger partial charge in [0, 0.05) is 26.2 Å². The predicted octanol–water partition coefficient (Wildman–Crippen LogP) is 2.55. The van der Waals surface area contributed by atoms with Gasteiger partial charge in [-0.1, -0.05) is 54.6 Å². The Morgan fingerprint density at radius 3 is 2.37 bits per heavy atom. The Hall–Kier alpha value is -3.54. The van der Waals surface area contributed by atoms with Crippen LogP contribution in [0.3, 0.4) is 0 Å². The molecule has 0 aliphatic carbocycles. The SMILES string of the molecule is O=C(Cc1cccc2ccccc12)NCC(=O)N1CCN(c2ccccc2O)CC1. The van der Waals surface area contributed by atoms with Crippen molar-refractivity contribution < 1.29 is 14.7 Å². The Morgan fingerprint density at radius 2 is 1.57 bits per heavy atom. The molecule has 1 heterocycles. The summed E-state index contributed by atoms with van der Waals surface area (Å²) in [6, 6.07) is 21.1. The first-order chi connectivity index (χ1) is 14.6. The van der Waals surface area contributed by atoms with E-state index in [1.54, 1.807) is 17.0 Å². The Morgan fingerprint density at radius 1 is 0.867 bits per heavy atom. The molecule has 1 aliphatic heterocycles. The average molecular weight is 403 g/mol. The molecule has 1 aliphatic rings. The molecule has 0 saturated carbocycles. The van der Waals surface area contributed by atoms with Gasteiger partial charge in [0.1, 0.15) is 5.75 Å². The van der Waals surface area contributed by atoms with Gasteiger partial charge in [-0.2, -0.15) is 0 Å². The second-order valence-corrected chi connectivity index (χ2v) is 7.45. The third kappa shape index (κ3) is 4.38. The van der Waals surface area contributed by atoms with Gasteiger partial charge < -0.3 is 20.2 Å². The normalized spacial score (nSPS) is 14.0. The number of benzene rings is 3. The number of amides is 2. The molecule has 2 N–H and O–H groups in total. The number of nitrogens with zero attached hydrogens (tertiary/aromatic N) is 2. The number of anilines is 1. The van der Waals surface area contributed by atoms with E-state index < -0.39 is 0 Å². The molecule has 0 aromatic heterocycles. The maximum Gasteiger partial charge on any atom is 0.242 e. The quantitative estimate of drug-likeness (QED) is 0.687. The minimum absolute atomic E-state index is 0.000185. The highest BCUT2D eigenvalue weighted by Crippen LogP contribution is 2.27. The lowest BCUT2D eigenvalue weighted by atomic mass is 10.0. The van der Waals surface area contributed by atoms with Gasteiger partial charge in [0.25, 0.3) is 0 Å². The van der Waals surface area contributed by atoms with E-state index in [0.717, 1.165) is 22.0 Å². The number of piperazine rings is 1. The van der Waals surface area contributed by atoms with E-state index in [0.29, 0.717) is 26.2 Å². The summed E-state index contributed by atoms with van der Waals surface area (Å²) in [7, 11) is 0. The Bertz CT molecular complexity index is 1050. The number of nitrogens with one attached hydrogen (secondary N) is 1. The van der Waals surface area contributed by atoms with E-state index in [2.05, 4.69) is 10.2 Å². The van der Waals surface area contributed by atoms with E-state index in [1.807, 2.05) is 54.6 Å². The molecule has 6 nitrogen and oxygen atoms in total. The van der Waals surface area contributed by atoms with Crippen LogP contribution in [-0.2, 0) is 16.0 Å². The fourth-order valence-corrected chi connectivity index (χ4v) is 3.90. The van der Waals surface area contributed by atoms with Crippen LogP contribution in [0.4, 0.5) is 5.69 Å². The molecule has 0 radical (unpaired) electrons. The summed E-state index contributed by atoms with van der Waals surface area (Å²) in [5.41, 5.74) is 1.74. The number of phenols is 1. The summed E-state index contributed by atoms with van der Waals surface area (Å²) in [4.78, 5) is 28.7. The molecule has 0 atom stereocenters. The zero-order chi connectivity index (χ0) is 20.9. The van der Waals surface area contributed by atoms with E-state index in [4.69, 9.17) is 0 Å². The van der Waals surface area contributed by atoms with Crippen molar-refractivity contribution in [3.05, 3.63) is 72.3 Å². The smallest absolute Gasteiger partial charge is 0.242 e. The van der Waals surface area contributed by atoms with Gasteiger partial charge in [-0.15, -0.1) is 0 Å². The molecule has 0 unspecified atom stereocenters. The van der Waals surface area contributed by atoms with Crippen LogP contribution in [0.2, 0.25) is 0 Å². The van der Waals surface area contributed by atoms with Crippen LogP contribution in [0.15, 0.2) is 66.7 Å². The van der Waals surface area contributed by atoms with Crippen molar-refractivity contribution in [2.24, 2.45) is 0 Å². The van der Waals surface area contributed by atoms with Crippen molar-refractivity contribution in [1.29, 1.82) is 0 Å². The van der Waals surface area contributed by atoms with E-state index in [9.17, 15) is 14.7 Å². The van der Waals surface area contributed by atoms with Crippen LogP contribution < -0.4 is 10.2 Å². The molecule has 6 heteroatoms. The number of para-hydroxylation sites is 2. The maximum absolute atomic E-state index is 12.5. The van der Waals surface area contributed by atoms with Crippen LogP contribution in [0, 0.1) is 0 Å². The molecule has 3 aromatic rings. The summed E-state index contributed by atoms with van der Waals surface area (Å²) in [6.07, 6.45) is 0.246. The Labute approximate surface area is 175 Å². The van der Waals surface area contributed by atoms with Crippen LogP contribution in [0.25, 0.3) is 10.8 Å². The van der Waals surface area contributed by atoms with E-state index in [1.165, 1.54) is 0 Å². The molecular weight excluding hydrogens is 378 g/mol. The molecule has 0 bridgehead atoms. The average Bonchev–Trinajstić information content (AvgIpc) is 2.78. The maximum atomic E-state index is 12.5. The number of rotatable bonds is 5. The van der Waals surface area contributed by atoms with Crippen LogP contribution in [-0.4, -0.2) is 54.5 Å². The van der Waals surface area contributed by atoms with Crippen molar-refractivity contribution in [3.63, 3.8) is 0 Å². The van der Waals surface area contributed by atoms with Gasteiger partial charge in [-0.25, -0.2) is 0 Å². The number of carbonyl (C=O) groups excluding carboxylic acids is 2. The molecule has 154 valence electrons. The van der Waals surface area contributed by atoms with Gasteiger partial charge in [0.05, 0.1) is 18.7 Å². The first-order valence-electron chi connectivity index (χ1n) is 10.2. The van der Waals surface area contributed by atoms with Crippen molar-refractivity contribution in [2.45, 2.75) is 6.42 Å². The van der Waals surface area contributed by atoms with Crippen LogP contribution in [0.1, 0.15) is 5.56 Å². The van der Waals surface area contributed by atoms with Gasteiger partial charge >= 0.3 is 0 Å². The zero-order valence-electron chi connectivity index (χ0n) is 16.8. The van der Waals surface area contributed by atoms with Crippen molar-refractivity contribution in [1.82, 2.24) is 10.2 Å². The van der Waals surface area contributed by atoms with E-state index in [-0.39, 0.29) is 30.5 Å². The van der Waals surface area contributed by atoms with Gasteiger partial charge in [-0.3, -0.25) is 9.59 Å². The second kappa shape index (κ2) is 8.86. The minimum Gasteiger partial charge on any atom is -0.506 e. The standard InChI is InChI=1S/C24H25N3O3/c28-22-11-4-3-10-21(22)26-12-14-27(15-13-26)24(30)17-25-23(29)16-19-8-5-7-18-6-1-2-9-20(18)19/h1-11,28H,12-17H2,(H,25,29). The summed E-state index contributed by atoms with van der Waals surface area (Å²) < 4.78 is 0. The first-order valence-corrected chi connectivity index (χ1v) is 10.2. The molecule has 2 amide bonds. The summed E-state index contributed by atoms with van der Waals surface area (Å²) >= 11 is 0. The van der Waals surface area contributed by atoms with Gasteiger partial charge in [0.15, 0.2) is 0 Å². The third-order valence-electron chi connectivity index (χ3n) is 5.52. The Kier molecular flexibility index (Phi) is 5.84. The van der Waals surface area contributed by atoms with Gasteiger partial charge in [0.2, 0.25) is 11.8 Å². The number of fused-ring (bicyclic) bond motifs is 1. The summed E-state index contributed by atoms with van der Waals surface area (Å²) in [5.74, 6) is 0.00345. The van der Waals surface area contributed by atoms with Crippen molar-refractivity contribution >= 4 is 28.3 Å². The highest BCUT2D eigenvalue weighted by atomic mass is 16.3. The van der Waals surface area contributed by atoms with Gasteiger partial charge in [-0.05, 0) is 28.5 Å². The number of phenolic OH excluding ortho intramolecular Hbond substituents is 1. The first kappa shape index (κ1) is 19.8. The monoisotopic (exact) mass is 403 g/mol. The lowest BCUT2D eigenvalue weighted by Crippen LogP contribution is -2.51. The fourth-order valence-electron chi connectivity index (χ4n) is 3.90. The van der Waals surface area contributed by atoms with Crippen molar-refractivity contribution in [3.8, 4) is 5.75 Å². The number of carbonyl (C=O) groups is 2. The number of aromatic hydroxyl groups is 1. The minimum atomic E-state index is -0.160. The molecular formula is C24H25N3O3. The third-order valence-corrected chi connectivity index (χ3v) is 5.52. The highest BCUT2D eigenvalue weighted by Gasteiger charge is 2.22. The van der Waals surface area contributed by atoms with E-state index >= 15 is 0 Å². The van der Waals surface area contributed by atoms with Crippen molar-refractivity contribution in [2.75, 3.05) is 37.6 Å². The lowest BCUT2D eigenvalue weighted by molar-refractivity contribution is -0.133. The second-order valence-electron chi connectivity index (χ2n) is 7.45. The molecule has 3 aromatic carbocycles. The fraction of sp³-hybridized carbons (Fsp3) is 0.250. The molecule has 4 rings (SSSR count). The highest BCUT2D eigenvalue weighted by molar-refractivity contribution is 5.91. The molecule has 1 saturated heterocycles. The largest absolute Gasteiger partial charge is 0.506 e. The lowest BCUT2D eigenvalue weighted by Gasteiger charge is -2.36. The Balaban J connectivity index is 1.28. The predicted molar refractivity (Wildman–Crippen MR) is 118 cm³/mol. The summed E-state index contributed by atoms with van der Waals surface area (Å²) in [6.45, 7) is 2.42. The molecule has 0 spiro atoms.